The zero-order chi connectivity index (χ0) is 9.10. The summed E-state index contributed by atoms with van der Waals surface area (Å²) in [6.45, 7) is 1.90. The molecule has 1 aromatic heterocycles. The number of benzene rings is 1. The van der Waals surface area contributed by atoms with Crippen LogP contribution < -0.4 is 5.32 Å². The number of rotatable bonds is 2. The number of hydrogen-bond donors (Lipinski definition) is 2. The maximum absolute atomic E-state index is 3.84. The van der Waals surface area contributed by atoms with E-state index in [1.807, 2.05) is 37.3 Å². The summed E-state index contributed by atoms with van der Waals surface area (Å²) in [6.07, 6.45) is 0. The highest BCUT2D eigenvalue weighted by atomic mass is 15.4. The zero-order valence-corrected chi connectivity index (χ0v) is 7.28. The van der Waals surface area contributed by atoms with Crippen LogP contribution in [0.25, 0.3) is 0 Å². The van der Waals surface area contributed by atoms with E-state index in [4.69, 9.17) is 0 Å². The summed E-state index contributed by atoms with van der Waals surface area (Å²) in [6, 6.07) is 9.90. The van der Waals surface area contributed by atoms with Crippen molar-refractivity contribution in [3.8, 4) is 0 Å². The Hall–Kier alpha value is -1.84. The highest BCUT2D eigenvalue weighted by molar-refractivity contribution is 5.56. The van der Waals surface area contributed by atoms with Gasteiger partial charge in [-0.3, -0.25) is 0 Å². The van der Waals surface area contributed by atoms with Crippen molar-refractivity contribution in [2.24, 2.45) is 0 Å². The molecule has 0 atom stereocenters. The molecular weight excluding hydrogens is 164 g/mol. The molecule has 0 aliphatic rings. The van der Waals surface area contributed by atoms with Crippen LogP contribution >= 0.6 is 0 Å². The van der Waals surface area contributed by atoms with Gasteiger partial charge in [0.1, 0.15) is 11.5 Å². The Balaban J connectivity index is 2.20. The first kappa shape index (κ1) is 7.79. The van der Waals surface area contributed by atoms with Crippen LogP contribution in [0.2, 0.25) is 0 Å². The molecule has 0 amide bonds. The first-order valence-electron chi connectivity index (χ1n) is 4.06. The van der Waals surface area contributed by atoms with Gasteiger partial charge in [-0.25, -0.2) is 5.10 Å². The molecule has 0 unspecified atom stereocenters. The molecule has 0 aliphatic carbocycles. The predicted octanol–water partition coefficient (Wildman–Crippen LogP) is 1.86. The van der Waals surface area contributed by atoms with Crippen LogP contribution in [0.4, 0.5) is 11.5 Å². The Morgan fingerprint density at radius 1 is 1.23 bits per heavy atom. The number of para-hydroxylation sites is 1. The van der Waals surface area contributed by atoms with Crippen molar-refractivity contribution in [3.05, 3.63) is 36.0 Å². The largest absolute Gasteiger partial charge is 0.339 e. The van der Waals surface area contributed by atoms with E-state index in [1.165, 1.54) is 0 Å². The molecule has 0 radical (unpaired) electrons. The smallest absolute Gasteiger partial charge is 0.149 e. The molecule has 0 bridgehead atoms. The first-order chi connectivity index (χ1) is 6.36. The second-order valence-corrected chi connectivity index (χ2v) is 2.76. The molecule has 0 spiro atoms. The lowest BCUT2D eigenvalue weighted by molar-refractivity contribution is 0.929. The third-order valence-corrected chi connectivity index (χ3v) is 1.77. The SMILES string of the molecule is Cc1nn[nH]c1Nc1ccccc1. The maximum atomic E-state index is 3.84. The molecule has 4 heteroatoms. The van der Waals surface area contributed by atoms with Crippen LogP contribution in [-0.2, 0) is 0 Å². The minimum Gasteiger partial charge on any atom is -0.339 e. The summed E-state index contributed by atoms with van der Waals surface area (Å²) in [5, 5.41) is 13.5. The molecular formula is C9H10N4. The number of nitrogens with one attached hydrogen (secondary N) is 2. The van der Waals surface area contributed by atoms with Gasteiger partial charge in [-0.15, -0.1) is 5.10 Å². The standard InChI is InChI=1S/C9H10N4/c1-7-9(12-13-11-7)10-8-5-3-2-4-6-8/h2-6H,1H3,(H2,10,11,12,13). The molecule has 1 aromatic carbocycles. The van der Waals surface area contributed by atoms with Crippen molar-refractivity contribution in [1.82, 2.24) is 15.4 Å². The fourth-order valence-corrected chi connectivity index (χ4v) is 1.07. The lowest BCUT2D eigenvalue weighted by Gasteiger charge is -2.02. The van der Waals surface area contributed by atoms with Crippen LogP contribution in [0.5, 0.6) is 0 Å². The molecule has 0 saturated heterocycles. The third-order valence-electron chi connectivity index (χ3n) is 1.77. The van der Waals surface area contributed by atoms with Crippen molar-refractivity contribution in [1.29, 1.82) is 0 Å². The van der Waals surface area contributed by atoms with Gasteiger partial charge in [0.25, 0.3) is 0 Å². The third kappa shape index (κ3) is 1.66. The van der Waals surface area contributed by atoms with Gasteiger partial charge in [0, 0.05) is 5.69 Å². The normalized spacial score (nSPS) is 9.92. The van der Waals surface area contributed by atoms with E-state index in [2.05, 4.69) is 20.7 Å². The molecule has 4 nitrogen and oxygen atoms in total. The van der Waals surface area contributed by atoms with Gasteiger partial charge in [0.15, 0.2) is 0 Å². The summed E-state index contributed by atoms with van der Waals surface area (Å²) in [5.74, 6) is 0.839. The summed E-state index contributed by atoms with van der Waals surface area (Å²) in [4.78, 5) is 0. The van der Waals surface area contributed by atoms with Crippen LogP contribution in [0.1, 0.15) is 5.69 Å². The number of anilines is 2. The number of nitrogens with zero attached hydrogens (tertiary/aromatic N) is 2. The number of aromatic amines is 1. The molecule has 13 heavy (non-hydrogen) atoms. The predicted molar refractivity (Wildman–Crippen MR) is 50.8 cm³/mol. The minimum atomic E-state index is 0.839. The van der Waals surface area contributed by atoms with Crippen LogP contribution in [0.3, 0.4) is 0 Å². The van der Waals surface area contributed by atoms with Gasteiger partial charge < -0.3 is 5.32 Å². The molecule has 2 rings (SSSR count). The average Bonchev–Trinajstić information content (AvgIpc) is 2.54. The van der Waals surface area contributed by atoms with Crippen molar-refractivity contribution in [2.45, 2.75) is 6.92 Å². The minimum absolute atomic E-state index is 0.839. The monoisotopic (exact) mass is 174 g/mol. The fourth-order valence-electron chi connectivity index (χ4n) is 1.07. The quantitative estimate of drug-likeness (QED) is 0.730. The van der Waals surface area contributed by atoms with E-state index in [1.54, 1.807) is 0 Å². The van der Waals surface area contributed by atoms with Gasteiger partial charge in [-0.2, -0.15) is 0 Å². The van der Waals surface area contributed by atoms with Crippen molar-refractivity contribution >= 4 is 11.5 Å². The lowest BCUT2D eigenvalue weighted by Crippen LogP contribution is -1.91. The average molecular weight is 174 g/mol. The number of aryl methyl sites for hydroxylation is 1. The van der Waals surface area contributed by atoms with Crippen LogP contribution in [0, 0.1) is 6.92 Å². The van der Waals surface area contributed by atoms with E-state index >= 15 is 0 Å². The molecule has 0 saturated carbocycles. The Kier molecular flexibility index (Phi) is 1.96. The molecule has 0 fully saturated rings. The highest BCUT2D eigenvalue weighted by Gasteiger charge is 2.00. The van der Waals surface area contributed by atoms with Gasteiger partial charge in [0.2, 0.25) is 0 Å². The van der Waals surface area contributed by atoms with E-state index in [0.29, 0.717) is 0 Å². The highest BCUT2D eigenvalue weighted by Crippen LogP contribution is 2.14. The zero-order valence-electron chi connectivity index (χ0n) is 7.28. The van der Waals surface area contributed by atoms with Gasteiger partial charge in [-0.05, 0) is 19.1 Å². The van der Waals surface area contributed by atoms with E-state index in [9.17, 15) is 0 Å². The summed E-state index contributed by atoms with van der Waals surface area (Å²) in [7, 11) is 0. The second-order valence-electron chi connectivity index (χ2n) is 2.76. The summed E-state index contributed by atoms with van der Waals surface area (Å²) < 4.78 is 0. The van der Waals surface area contributed by atoms with Gasteiger partial charge >= 0.3 is 0 Å². The number of hydrogen-bond acceptors (Lipinski definition) is 3. The Bertz CT molecular complexity index is 380. The molecule has 0 aliphatic heterocycles. The summed E-state index contributed by atoms with van der Waals surface area (Å²) in [5.41, 5.74) is 1.89. The Morgan fingerprint density at radius 3 is 2.62 bits per heavy atom. The number of H-pyrrole nitrogens is 1. The van der Waals surface area contributed by atoms with Crippen molar-refractivity contribution < 1.29 is 0 Å². The topological polar surface area (TPSA) is 53.6 Å². The van der Waals surface area contributed by atoms with Crippen molar-refractivity contribution in [2.75, 3.05) is 5.32 Å². The van der Waals surface area contributed by atoms with Crippen LogP contribution in [-0.4, -0.2) is 15.4 Å². The van der Waals surface area contributed by atoms with E-state index < -0.39 is 0 Å². The molecule has 1 heterocycles. The molecule has 2 aromatic rings. The van der Waals surface area contributed by atoms with Crippen LogP contribution in [0.15, 0.2) is 30.3 Å². The lowest BCUT2D eigenvalue weighted by atomic mass is 10.3. The van der Waals surface area contributed by atoms with Gasteiger partial charge in [-0.1, -0.05) is 23.4 Å². The molecule has 66 valence electrons. The summed E-state index contributed by atoms with van der Waals surface area (Å²) >= 11 is 0. The Morgan fingerprint density at radius 2 is 2.00 bits per heavy atom. The van der Waals surface area contributed by atoms with E-state index in [-0.39, 0.29) is 0 Å². The molecule has 2 N–H and O–H groups in total. The van der Waals surface area contributed by atoms with Crippen molar-refractivity contribution in [3.63, 3.8) is 0 Å². The first-order valence-corrected chi connectivity index (χ1v) is 4.06. The number of aromatic nitrogens is 3. The van der Waals surface area contributed by atoms with E-state index in [0.717, 1.165) is 17.2 Å². The van der Waals surface area contributed by atoms with Gasteiger partial charge in [0.05, 0.1) is 0 Å². The maximum Gasteiger partial charge on any atom is 0.149 e. The Labute approximate surface area is 76.0 Å². The second kappa shape index (κ2) is 3.26. The fraction of sp³-hybridized carbons (Fsp3) is 0.111.